The van der Waals surface area contributed by atoms with Crippen molar-refractivity contribution in [3.8, 4) is 0 Å². The van der Waals surface area contributed by atoms with Crippen molar-refractivity contribution in [1.29, 1.82) is 0 Å². The summed E-state index contributed by atoms with van der Waals surface area (Å²) in [6.45, 7) is 4.27. The van der Waals surface area contributed by atoms with Gasteiger partial charge in [0.15, 0.2) is 16.8 Å². The van der Waals surface area contributed by atoms with Crippen molar-refractivity contribution < 1.29 is 4.79 Å². The number of pyridine rings is 1. The summed E-state index contributed by atoms with van der Waals surface area (Å²) in [6, 6.07) is 11.4. The predicted octanol–water partition coefficient (Wildman–Crippen LogP) is 5.35. The van der Waals surface area contributed by atoms with Crippen LogP contribution in [0.1, 0.15) is 25.3 Å². The number of nitrogens with zero attached hydrogens (tertiary/aromatic N) is 3. The highest BCUT2D eigenvalue weighted by molar-refractivity contribution is 7.14. The summed E-state index contributed by atoms with van der Waals surface area (Å²) in [5.74, 6) is 1.52. The standard InChI is InChI=1S/C18H17ClN4OS/c1-12(2)13-5-7-14(8-6-13)23(11-24)16-10-25-18(21-16)22-17-15(19)4-3-9-20-17/h3-12H,1-2H3,(H,20,21,22). The van der Waals surface area contributed by atoms with Crippen LogP contribution in [-0.2, 0) is 4.79 Å². The van der Waals surface area contributed by atoms with Crippen molar-refractivity contribution in [2.45, 2.75) is 19.8 Å². The minimum atomic E-state index is 0.442. The van der Waals surface area contributed by atoms with Crippen LogP contribution >= 0.6 is 22.9 Å². The minimum Gasteiger partial charge on any atom is -0.315 e. The van der Waals surface area contributed by atoms with E-state index in [1.807, 2.05) is 29.6 Å². The van der Waals surface area contributed by atoms with Crippen molar-refractivity contribution in [2.75, 3.05) is 10.2 Å². The molecule has 0 radical (unpaired) electrons. The van der Waals surface area contributed by atoms with Crippen molar-refractivity contribution in [3.05, 3.63) is 58.6 Å². The molecule has 25 heavy (non-hydrogen) atoms. The number of carbonyl (C=O) groups is 1. The highest BCUT2D eigenvalue weighted by Gasteiger charge is 2.13. The second-order valence-electron chi connectivity index (χ2n) is 5.69. The maximum Gasteiger partial charge on any atom is 0.219 e. The first-order valence-electron chi connectivity index (χ1n) is 7.76. The van der Waals surface area contributed by atoms with Gasteiger partial charge in [0.25, 0.3) is 0 Å². The lowest BCUT2D eigenvalue weighted by Crippen LogP contribution is -2.14. The van der Waals surface area contributed by atoms with Crippen LogP contribution in [0.15, 0.2) is 48.0 Å². The molecule has 1 amide bonds. The van der Waals surface area contributed by atoms with Gasteiger partial charge in [-0.2, -0.15) is 0 Å². The number of halogens is 1. The average Bonchev–Trinajstić information content (AvgIpc) is 3.06. The molecule has 0 atom stereocenters. The third-order valence-corrected chi connectivity index (χ3v) is 4.72. The maximum absolute atomic E-state index is 11.6. The van der Waals surface area contributed by atoms with Gasteiger partial charge in [-0.1, -0.05) is 37.6 Å². The number of nitrogens with one attached hydrogen (secondary N) is 1. The van der Waals surface area contributed by atoms with Crippen LogP contribution in [0.2, 0.25) is 5.02 Å². The Morgan fingerprint density at radius 2 is 2.00 bits per heavy atom. The number of aromatic nitrogens is 2. The second kappa shape index (κ2) is 7.63. The number of anilines is 4. The van der Waals surface area contributed by atoms with Crippen LogP contribution in [0.5, 0.6) is 0 Å². The quantitative estimate of drug-likeness (QED) is 0.592. The molecule has 2 heterocycles. The Morgan fingerprint density at radius 3 is 2.64 bits per heavy atom. The zero-order valence-electron chi connectivity index (χ0n) is 13.8. The Morgan fingerprint density at radius 1 is 1.24 bits per heavy atom. The molecule has 1 aromatic carbocycles. The summed E-state index contributed by atoms with van der Waals surface area (Å²) in [4.78, 5) is 21.7. The fraction of sp³-hybridized carbons (Fsp3) is 0.167. The molecule has 0 bridgehead atoms. The van der Waals surface area contributed by atoms with E-state index in [4.69, 9.17) is 11.6 Å². The Kier molecular flexibility index (Phi) is 5.31. The molecule has 5 nitrogen and oxygen atoms in total. The van der Waals surface area contributed by atoms with Crippen LogP contribution in [0.4, 0.5) is 22.5 Å². The molecule has 0 aliphatic rings. The zero-order valence-corrected chi connectivity index (χ0v) is 15.4. The van der Waals surface area contributed by atoms with Gasteiger partial charge in [-0.15, -0.1) is 11.3 Å². The molecule has 0 saturated carbocycles. The first-order valence-corrected chi connectivity index (χ1v) is 9.02. The van der Waals surface area contributed by atoms with E-state index in [-0.39, 0.29) is 0 Å². The molecule has 0 saturated heterocycles. The predicted molar refractivity (Wildman–Crippen MR) is 103 cm³/mol. The van der Waals surface area contributed by atoms with Gasteiger partial charge in [-0.25, -0.2) is 9.97 Å². The highest BCUT2D eigenvalue weighted by Crippen LogP contribution is 2.31. The van der Waals surface area contributed by atoms with Crippen molar-refractivity contribution in [1.82, 2.24) is 9.97 Å². The Balaban J connectivity index is 1.81. The smallest absolute Gasteiger partial charge is 0.219 e. The number of thiazole rings is 1. The van der Waals surface area contributed by atoms with E-state index in [9.17, 15) is 4.79 Å². The molecule has 0 fully saturated rings. The van der Waals surface area contributed by atoms with Crippen LogP contribution in [0.25, 0.3) is 0 Å². The Bertz CT molecular complexity index is 864. The van der Waals surface area contributed by atoms with Gasteiger partial charge in [0.1, 0.15) is 0 Å². The number of rotatable bonds is 6. The Hall–Kier alpha value is -2.44. The van der Waals surface area contributed by atoms with E-state index in [0.717, 1.165) is 12.1 Å². The fourth-order valence-corrected chi connectivity index (χ4v) is 3.13. The summed E-state index contributed by atoms with van der Waals surface area (Å²) in [5.41, 5.74) is 1.99. The summed E-state index contributed by atoms with van der Waals surface area (Å²) in [5, 5.41) is 6.00. The highest BCUT2D eigenvalue weighted by atomic mass is 35.5. The van der Waals surface area contributed by atoms with Crippen molar-refractivity contribution in [3.63, 3.8) is 0 Å². The molecule has 128 valence electrons. The monoisotopic (exact) mass is 372 g/mol. The van der Waals surface area contributed by atoms with E-state index in [1.165, 1.54) is 21.8 Å². The summed E-state index contributed by atoms with van der Waals surface area (Å²) in [7, 11) is 0. The van der Waals surface area contributed by atoms with Crippen LogP contribution in [0.3, 0.4) is 0 Å². The van der Waals surface area contributed by atoms with Gasteiger partial charge in [0.2, 0.25) is 6.41 Å². The molecule has 7 heteroatoms. The van der Waals surface area contributed by atoms with E-state index in [1.54, 1.807) is 18.3 Å². The summed E-state index contributed by atoms with van der Waals surface area (Å²) < 4.78 is 0. The van der Waals surface area contributed by atoms with Gasteiger partial charge in [0.05, 0.1) is 10.7 Å². The van der Waals surface area contributed by atoms with E-state index in [0.29, 0.717) is 27.7 Å². The van der Waals surface area contributed by atoms with Crippen molar-refractivity contribution in [2.24, 2.45) is 0 Å². The normalized spacial score (nSPS) is 10.7. The zero-order chi connectivity index (χ0) is 17.8. The van der Waals surface area contributed by atoms with Crippen LogP contribution in [-0.4, -0.2) is 16.4 Å². The van der Waals surface area contributed by atoms with Crippen LogP contribution < -0.4 is 10.2 Å². The Labute approximate surface area is 155 Å². The first-order chi connectivity index (χ1) is 12.1. The minimum absolute atomic E-state index is 0.442. The van der Waals surface area contributed by atoms with Gasteiger partial charge in [-0.05, 0) is 35.7 Å². The van der Waals surface area contributed by atoms with Gasteiger partial charge < -0.3 is 5.32 Å². The molecule has 0 aliphatic carbocycles. The number of amides is 1. The number of benzene rings is 1. The van der Waals surface area contributed by atoms with Gasteiger partial charge in [0, 0.05) is 11.6 Å². The summed E-state index contributed by atoms with van der Waals surface area (Å²) >= 11 is 7.47. The molecule has 3 aromatic rings. The van der Waals surface area contributed by atoms with Crippen LogP contribution in [0, 0.1) is 0 Å². The van der Waals surface area contributed by atoms with Crippen molar-refractivity contribution >= 4 is 51.8 Å². The molecular weight excluding hydrogens is 356 g/mol. The molecular formula is C18H17ClN4OS. The largest absolute Gasteiger partial charge is 0.315 e. The molecule has 1 N–H and O–H groups in total. The van der Waals surface area contributed by atoms with E-state index >= 15 is 0 Å². The molecule has 0 aliphatic heterocycles. The third kappa shape index (κ3) is 3.97. The first kappa shape index (κ1) is 17.4. The molecule has 2 aromatic heterocycles. The van der Waals surface area contributed by atoms with Gasteiger partial charge in [-0.3, -0.25) is 9.69 Å². The summed E-state index contributed by atoms with van der Waals surface area (Å²) in [6.07, 6.45) is 2.41. The SMILES string of the molecule is CC(C)c1ccc(N(C=O)c2csc(Nc3ncccc3Cl)n2)cc1. The molecule has 0 spiro atoms. The average molecular weight is 373 g/mol. The maximum atomic E-state index is 11.6. The second-order valence-corrected chi connectivity index (χ2v) is 6.96. The fourth-order valence-electron chi connectivity index (χ4n) is 2.28. The number of carbonyl (C=O) groups excluding carboxylic acids is 1. The molecule has 3 rings (SSSR count). The number of hydrogen-bond acceptors (Lipinski definition) is 5. The van der Waals surface area contributed by atoms with Gasteiger partial charge >= 0.3 is 0 Å². The number of hydrogen-bond donors (Lipinski definition) is 1. The lowest BCUT2D eigenvalue weighted by Gasteiger charge is -2.15. The third-order valence-electron chi connectivity index (χ3n) is 3.67. The lowest BCUT2D eigenvalue weighted by atomic mass is 10.0. The molecule has 0 unspecified atom stereocenters. The van der Waals surface area contributed by atoms with E-state index < -0.39 is 0 Å². The van der Waals surface area contributed by atoms with E-state index in [2.05, 4.69) is 29.1 Å². The lowest BCUT2D eigenvalue weighted by molar-refractivity contribution is -0.106. The topological polar surface area (TPSA) is 58.1 Å².